The maximum atomic E-state index is 15.7. The molecule has 1 aliphatic carbocycles. The van der Waals surface area contributed by atoms with Crippen molar-refractivity contribution in [1.29, 1.82) is 0 Å². The second-order valence-corrected chi connectivity index (χ2v) is 38.0. The topological polar surface area (TPSA) is 102 Å². The number of nitrogens with two attached hydrogens (primary N) is 1. The van der Waals surface area contributed by atoms with Gasteiger partial charge in [0.05, 0.1) is 0 Å². The zero-order chi connectivity index (χ0) is 80.8. The highest BCUT2D eigenvalue weighted by molar-refractivity contribution is 5.90. The number of hydrogen-bond donors (Lipinski definition) is 2. The van der Waals surface area contributed by atoms with E-state index >= 15 is 4.79 Å². The predicted octanol–water partition coefficient (Wildman–Crippen LogP) is 30.7. The molecule has 9 heteroatoms. The van der Waals surface area contributed by atoms with Crippen molar-refractivity contribution >= 4 is 17.7 Å². The highest BCUT2D eigenvalue weighted by Gasteiger charge is 2.57. The molecule has 9 nitrogen and oxygen atoms in total. The van der Waals surface area contributed by atoms with E-state index in [9.17, 15) is 9.59 Å². The van der Waals surface area contributed by atoms with Gasteiger partial charge in [-0.1, -0.05) is 448 Å². The number of hydrogen-bond acceptors (Lipinski definition) is 6. The Bertz CT molecular complexity index is 1830. The SMILES string of the molecule is CCCCCCCCCCCCN(CCCCCCCCCCCC)CCCCCCNC(=O)C1(C)CC(C)(C(N)=O)CC(C)(C(=O)N(CCCCCCN(CCCCCCCCCCCC)CCCCCCCCCCCC)CCCCCCN(CCCCCCCCCCCC)CCCCCCCCCCCC)C1. The molecule has 0 spiro atoms. The standard InChI is InChI=1S/C102H204N6O3/c1-10-16-22-28-34-40-46-52-59-71-83-105(84-72-60-53-47-41-35-29-23-17-11-2)89-77-65-58-70-82-104-98(110)101(8)94-100(7,97(103)109)95-102(9,96-101)99(111)108(92-80-68-66-78-90-106(85-73-61-54-48-42-36-30-24-18-12-3)86-74-62-55-49-43-37-31-25-19-13-4)93-81-69-67-79-91-107(87-75-63-56-50-44-38-32-26-20-14-5)88-76-64-57-51-45-39-33-27-21-15-6/h10-96H2,1-9H3,(H2,103,109)(H,104,110). The van der Waals surface area contributed by atoms with Gasteiger partial charge in [-0.3, -0.25) is 14.4 Å². The summed E-state index contributed by atoms with van der Waals surface area (Å²) in [5.74, 6) is -0.250. The Morgan fingerprint density at radius 2 is 0.387 bits per heavy atom. The highest BCUT2D eigenvalue weighted by Crippen LogP contribution is 2.55. The molecular formula is C102H204N6O3. The zero-order valence-electron chi connectivity index (χ0n) is 77.6. The lowest BCUT2D eigenvalue weighted by atomic mass is 9.53. The van der Waals surface area contributed by atoms with E-state index in [1.54, 1.807) is 0 Å². The van der Waals surface area contributed by atoms with Gasteiger partial charge in [0.15, 0.2) is 0 Å². The van der Waals surface area contributed by atoms with E-state index in [4.69, 9.17) is 5.73 Å². The summed E-state index contributed by atoms with van der Waals surface area (Å²) in [5, 5.41) is 3.40. The number of rotatable bonds is 90. The van der Waals surface area contributed by atoms with Gasteiger partial charge in [-0.15, -0.1) is 0 Å². The largest absolute Gasteiger partial charge is 0.369 e. The van der Waals surface area contributed by atoms with Gasteiger partial charge in [-0.2, -0.15) is 0 Å². The Balaban J connectivity index is 3.21. The monoisotopic (exact) mass is 1560 g/mol. The van der Waals surface area contributed by atoms with Gasteiger partial charge in [0, 0.05) is 35.9 Å². The Kier molecular flexibility index (Phi) is 76.8. The molecule has 0 aromatic heterocycles. The fourth-order valence-corrected chi connectivity index (χ4v) is 19.1. The lowest BCUT2D eigenvalue weighted by Crippen LogP contribution is -2.58. The Hall–Kier alpha value is -1.71. The quantitative estimate of drug-likeness (QED) is 0.0588. The summed E-state index contributed by atoms with van der Waals surface area (Å²) >= 11 is 0. The molecule has 3 atom stereocenters. The third-order valence-electron chi connectivity index (χ3n) is 26.2. The van der Waals surface area contributed by atoms with Crippen LogP contribution in [0, 0.1) is 16.2 Å². The Morgan fingerprint density at radius 3 is 0.586 bits per heavy atom. The summed E-state index contributed by atoms with van der Waals surface area (Å²) in [6.45, 7) is 33.1. The molecule has 1 rings (SSSR count). The van der Waals surface area contributed by atoms with Gasteiger partial charge in [0.2, 0.25) is 17.7 Å². The maximum Gasteiger partial charge on any atom is 0.228 e. The molecule has 1 fully saturated rings. The summed E-state index contributed by atoms with van der Waals surface area (Å²) in [7, 11) is 0. The smallest absolute Gasteiger partial charge is 0.228 e. The third-order valence-corrected chi connectivity index (χ3v) is 26.2. The highest BCUT2D eigenvalue weighted by atomic mass is 16.2. The molecule has 0 aromatic carbocycles. The number of carbonyl (C=O) groups excluding carboxylic acids is 3. The van der Waals surface area contributed by atoms with Crippen LogP contribution in [-0.2, 0) is 14.4 Å². The van der Waals surface area contributed by atoms with Crippen LogP contribution < -0.4 is 11.1 Å². The van der Waals surface area contributed by atoms with E-state index in [0.717, 1.165) is 51.6 Å². The lowest BCUT2D eigenvalue weighted by molar-refractivity contribution is -0.158. The molecule has 1 aliphatic rings. The van der Waals surface area contributed by atoms with E-state index in [1.165, 1.54) is 483 Å². The number of unbranched alkanes of at least 4 members (excludes halogenated alkanes) is 63. The van der Waals surface area contributed by atoms with E-state index in [0.29, 0.717) is 25.8 Å². The minimum atomic E-state index is -0.963. The molecule has 0 heterocycles. The van der Waals surface area contributed by atoms with Crippen LogP contribution in [0.15, 0.2) is 0 Å². The average molecular weight is 1560 g/mol. The maximum absolute atomic E-state index is 15.7. The fourth-order valence-electron chi connectivity index (χ4n) is 19.1. The zero-order valence-corrected chi connectivity index (χ0v) is 77.6. The Morgan fingerprint density at radius 1 is 0.225 bits per heavy atom. The normalized spacial score (nSPS) is 16.7. The molecule has 0 radical (unpaired) electrons. The molecule has 0 saturated heterocycles. The van der Waals surface area contributed by atoms with Gasteiger partial charge < -0.3 is 30.7 Å². The van der Waals surface area contributed by atoms with Gasteiger partial charge >= 0.3 is 0 Å². The van der Waals surface area contributed by atoms with Crippen LogP contribution in [0.25, 0.3) is 0 Å². The molecular weight excluding hydrogens is 1360 g/mol. The van der Waals surface area contributed by atoms with Crippen LogP contribution in [0.4, 0.5) is 0 Å². The van der Waals surface area contributed by atoms with Gasteiger partial charge in [-0.25, -0.2) is 0 Å². The van der Waals surface area contributed by atoms with Crippen molar-refractivity contribution in [3.05, 3.63) is 0 Å². The van der Waals surface area contributed by atoms with Crippen LogP contribution in [-0.4, -0.2) is 116 Å². The summed E-state index contributed by atoms with van der Waals surface area (Å²) in [4.78, 5) is 54.9. The van der Waals surface area contributed by atoms with Gasteiger partial charge in [0.25, 0.3) is 0 Å². The first kappa shape index (κ1) is 107. The first-order chi connectivity index (χ1) is 54.3. The van der Waals surface area contributed by atoms with Crippen molar-refractivity contribution in [3.8, 4) is 0 Å². The van der Waals surface area contributed by atoms with Crippen LogP contribution in [0.2, 0.25) is 0 Å². The van der Waals surface area contributed by atoms with E-state index in [1.807, 2.05) is 13.8 Å². The van der Waals surface area contributed by atoms with Crippen LogP contribution in [0.5, 0.6) is 0 Å². The molecule has 660 valence electrons. The molecule has 3 N–H and O–H groups in total. The number of nitrogens with one attached hydrogen (secondary N) is 1. The predicted molar refractivity (Wildman–Crippen MR) is 493 cm³/mol. The molecule has 0 bridgehead atoms. The third kappa shape index (κ3) is 64.0. The van der Waals surface area contributed by atoms with E-state index in [-0.39, 0.29) is 17.7 Å². The molecule has 0 aromatic rings. The van der Waals surface area contributed by atoms with Crippen molar-refractivity contribution in [2.75, 3.05) is 78.5 Å². The lowest BCUT2D eigenvalue weighted by Gasteiger charge is -2.51. The summed E-state index contributed by atoms with van der Waals surface area (Å²) < 4.78 is 0. The first-order valence-corrected chi connectivity index (χ1v) is 51.3. The minimum Gasteiger partial charge on any atom is -0.369 e. The van der Waals surface area contributed by atoms with Crippen LogP contribution >= 0.6 is 0 Å². The van der Waals surface area contributed by atoms with E-state index in [2.05, 4.69) is 73.4 Å². The molecule has 1 saturated carbocycles. The van der Waals surface area contributed by atoms with Crippen molar-refractivity contribution in [2.24, 2.45) is 22.0 Å². The number of amides is 3. The number of carbonyl (C=O) groups is 3. The molecule has 3 amide bonds. The van der Waals surface area contributed by atoms with Gasteiger partial charge in [0.1, 0.15) is 0 Å². The second kappa shape index (κ2) is 79.4. The van der Waals surface area contributed by atoms with E-state index < -0.39 is 16.2 Å². The summed E-state index contributed by atoms with van der Waals surface area (Å²) in [6, 6.07) is 0. The van der Waals surface area contributed by atoms with Crippen molar-refractivity contribution in [2.45, 2.75) is 544 Å². The number of primary amides is 1. The molecule has 111 heavy (non-hydrogen) atoms. The van der Waals surface area contributed by atoms with Crippen molar-refractivity contribution < 1.29 is 14.4 Å². The van der Waals surface area contributed by atoms with Crippen LogP contribution in [0.1, 0.15) is 544 Å². The average Bonchev–Trinajstić information content (AvgIpc) is 0.741. The minimum absolute atomic E-state index is 0.00911. The van der Waals surface area contributed by atoms with Gasteiger partial charge in [-0.05, 0) is 155 Å². The second-order valence-electron chi connectivity index (χ2n) is 38.0. The van der Waals surface area contributed by atoms with Crippen molar-refractivity contribution in [3.63, 3.8) is 0 Å². The fraction of sp³-hybridized carbons (Fsp3) is 0.971. The number of nitrogens with zero attached hydrogens (tertiary/aromatic N) is 4. The summed E-state index contributed by atoms with van der Waals surface area (Å²) in [5.41, 5.74) is 3.68. The van der Waals surface area contributed by atoms with Crippen LogP contribution in [0.3, 0.4) is 0 Å². The Labute approximate surface area is 697 Å². The first-order valence-electron chi connectivity index (χ1n) is 51.3. The molecule has 3 unspecified atom stereocenters. The summed E-state index contributed by atoms with van der Waals surface area (Å²) in [6.07, 6.45) is 97.9. The van der Waals surface area contributed by atoms with Crippen molar-refractivity contribution in [1.82, 2.24) is 24.9 Å². The molecule has 0 aliphatic heterocycles.